The predicted octanol–water partition coefficient (Wildman–Crippen LogP) is 1.83. The second kappa shape index (κ2) is 7.22. The SMILES string of the molecule is CNCCCC(=O)Nc1cc(C(=O)NC2CC2)ccc1C. The molecule has 21 heavy (non-hydrogen) atoms. The summed E-state index contributed by atoms with van der Waals surface area (Å²) in [7, 11) is 1.87. The van der Waals surface area contributed by atoms with Crippen LogP contribution in [0.2, 0.25) is 0 Å². The maximum atomic E-state index is 12.0. The van der Waals surface area contributed by atoms with Crippen LogP contribution in [0.1, 0.15) is 41.6 Å². The molecule has 114 valence electrons. The first-order chi connectivity index (χ1) is 10.1. The first-order valence-electron chi connectivity index (χ1n) is 7.46. The molecule has 2 rings (SSSR count). The standard InChI is InChI=1S/C16H23N3O2/c1-11-5-6-12(16(21)18-13-7-8-13)10-14(11)19-15(20)4-3-9-17-2/h5-6,10,13,17H,3-4,7-9H2,1-2H3,(H,18,21)(H,19,20). The number of nitrogens with one attached hydrogen (secondary N) is 3. The molecule has 1 aromatic carbocycles. The Morgan fingerprint density at radius 2 is 2.05 bits per heavy atom. The summed E-state index contributed by atoms with van der Waals surface area (Å²) in [6.45, 7) is 2.74. The summed E-state index contributed by atoms with van der Waals surface area (Å²) in [5.41, 5.74) is 2.27. The fourth-order valence-corrected chi connectivity index (χ4v) is 2.03. The van der Waals surface area contributed by atoms with Crippen LogP contribution in [0.5, 0.6) is 0 Å². The largest absolute Gasteiger partial charge is 0.349 e. The van der Waals surface area contributed by atoms with Gasteiger partial charge in [-0.25, -0.2) is 0 Å². The number of benzene rings is 1. The van der Waals surface area contributed by atoms with E-state index < -0.39 is 0 Å². The Labute approximate surface area is 125 Å². The molecule has 0 unspecified atom stereocenters. The van der Waals surface area contributed by atoms with Gasteiger partial charge >= 0.3 is 0 Å². The lowest BCUT2D eigenvalue weighted by Crippen LogP contribution is -2.25. The fraction of sp³-hybridized carbons (Fsp3) is 0.500. The van der Waals surface area contributed by atoms with E-state index in [1.807, 2.05) is 20.0 Å². The summed E-state index contributed by atoms with van der Waals surface area (Å²) < 4.78 is 0. The van der Waals surface area contributed by atoms with Gasteiger partial charge < -0.3 is 16.0 Å². The van der Waals surface area contributed by atoms with Crippen molar-refractivity contribution in [2.45, 2.75) is 38.6 Å². The number of rotatable bonds is 7. The Kier molecular flexibility index (Phi) is 5.33. The van der Waals surface area contributed by atoms with Crippen molar-refractivity contribution in [3.8, 4) is 0 Å². The smallest absolute Gasteiger partial charge is 0.251 e. The maximum Gasteiger partial charge on any atom is 0.251 e. The summed E-state index contributed by atoms with van der Waals surface area (Å²) >= 11 is 0. The quantitative estimate of drug-likeness (QED) is 0.671. The molecule has 0 atom stereocenters. The summed E-state index contributed by atoms with van der Waals surface area (Å²) in [4.78, 5) is 23.9. The van der Waals surface area contributed by atoms with Crippen molar-refractivity contribution in [2.24, 2.45) is 0 Å². The lowest BCUT2D eigenvalue weighted by atomic mass is 10.1. The zero-order valence-electron chi connectivity index (χ0n) is 12.7. The van der Waals surface area contributed by atoms with Crippen LogP contribution < -0.4 is 16.0 Å². The van der Waals surface area contributed by atoms with E-state index in [0.29, 0.717) is 23.7 Å². The number of carbonyl (C=O) groups excluding carboxylic acids is 2. The monoisotopic (exact) mass is 289 g/mol. The number of anilines is 1. The van der Waals surface area contributed by atoms with Gasteiger partial charge in [0.05, 0.1) is 0 Å². The van der Waals surface area contributed by atoms with Gasteiger partial charge in [-0.2, -0.15) is 0 Å². The van der Waals surface area contributed by atoms with Gasteiger partial charge in [-0.05, 0) is 57.5 Å². The van der Waals surface area contributed by atoms with Crippen molar-refractivity contribution in [1.29, 1.82) is 0 Å². The minimum atomic E-state index is -0.0665. The van der Waals surface area contributed by atoms with Crippen LogP contribution in [0.25, 0.3) is 0 Å². The molecule has 1 aromatic rings. The highest BCUT2D eigenvalue weighted by Gasteiger charge is 2.24. The third kappa shape index (κ3) is 4.86. The number of carbonyl (C=O) groups is 2. The molecule has 0 aliphatic heterocycles. The zero-order valence-corrected chi connectivity index (χ0v) is 12.7. The van der Waals surface area contributed by atoms with Gasteiger partial charge in [0.25, 0.3) is 5.91 Å². The first-order valence-corrected chi connectivity index (χ1v) is 7.46. The second-order valence-electron chi connectivity index (χ2n) is 5.53. The molecule has 0 heterocycles. The lowest BCUT2D eigenvalue weighted by molar-refractivity contribution is -0.116. The van der Waals surface area contributed by atoms with E-state index in [-0.39, 0.29) is 11.8 Å². The molecule has 1 saturated carbocycles. The Morgan fingerprint density at radius 1 is 1.29 bits per heavy atom. The predicted molar refractivity (Wildman–Crippen MR) is 83.5 cm³/mol. The third-order valence-corrected chi connectivity index (χ3v) is 3.52. The van der Waals surface area contributed by atoms with Crippen molar-refractivity contribution in [3.63, 3.8) is 0 Å². The van der Waals surface area contributed by atoms with E-state index in [0.717, 1.165) is 31.4 Å². The Balaban J connectivity index is 1.97. The van der Waals surface area contributed by atoms with E-state index in [1.165, 1.54) is 0 Å². The molecule has 3 N–H and O–H groups in total. The highest BCUT2D eigenvalue weighted by Crippen LogP contribution is 2.21. The van der Waals surface area contributed by atoms with Crippen molar-refractivity contribution < 1.29 is 9.59 Å². The fourth-order valence-electron chi connectivity index (χ4n) is 2.03. The van der Waals surface area contributed by atoms with Crippen molar-refractivity contribution >= 4 is 17.5 Å². The van der Waals surface area contributed by atoms with Crippen molar-refractivity contribution in [3.05, 3.63) is 29.3 Å². The normalized spacial score (nSPS) is 13.8. The Hall–Kier alpha value is -1.88. The topological polar surface area (TPSA) is 70.2 Å². The minimum Gasteiger partial charge on any atom is -0.349 e. The van der Waals surface area contributed by atoms with Crippen LogP contribution in [0.3, 0.4) is 0 Å². The van der Waals surface area contributed by atoms with Crippen LogP contribution in [-0.4, -0.2) is 31.4 Å². The number of amides is 2. The van der Waals surface area contributed by atoms with E-state index in [2.05, 4.69) is 16.0 Å². The van der Waals surface area contributed by atoms with E-state index in [4.69, 9.17) is 0 Å². The molecule has 0 saturated heterocycles. The van der Waals surface area contributed by atoms with Gasteiger partial charge in [-0.15, -0.1) is 0 Å². The molecule has 1 fully saturated rings. The van der Waals surface area contributed by atoms with Crippen LogP contribution in [0.15, 0.2) is 18.2 Å². The van der Waals surface area contributed by atoms with Gasteiger partial charge in [0, 0.05) is 23.7 Å². The van der Waals surface area contributed by atoms with E-state index in [9.17, 15) is 9.59 Å². The van der Waals surface area contributed by atoms with Crippen LogP contribution in [0.4, 0.5) is 5.69 Å². The number of hydrogen-bond acceptors (Lipinski definition) is 3. The van der Waals surface area contributed by atoms with Gasteiger partial charge in [-0.3, -0.25) is 9.59 Å². The molecule has 5 nitrogen and oxygen atoms in total. The molecule has 0 aromatic heterocycles. The molecule has 1 aliphatic carbocycles. The van der Waals surface area contributed by atoms with Crippen LogP contribution in [-0.2, 0) is 4.79 Å². The zero-order chi connectivity index (χ0) is 15.2. The number of hydrogen-bond donors (Lipinski definition) is 3. The maximum absolute atomic E-state index is 12.0. The molecular formula is C16H23N3O2. The minimum absolute atomic E-state index is 0.0203. The van der Waals surface area contributed by atoms with Gasteiger partial charge in [-0.1, -0.05) is 6.07 Å². The molecule has 0 bridgehead atoms. The van der Waals surface area contributed by atoms with E-state index in [1.54, 1.807) is 12.1 Å². The summed E-state index contributed by atoms with van der Waals surface area (Å²) in [6.07, 6.45) is 3.39. The summed E-state index contributed by atoms with van der Waals surface area (Å²) in [5.74, 6) is -0.0868. The molecule has 5 heteroatoms. The van der Waals surface area contributed by atoms with Crippen LogP contribution in [0, 0.1) is 6.92 Å². The van der Waals surface area contributed by atoms with Crippen molar-refractivity contribution in [1.82, 2.24) is 10.6 Å². The molecule has 2 amide bonds. The molecular weight excluding hydrogens is 266 g/mol. The molecule has 0 spiro atoms. The van der Waals surface area contributed by atoms with E-state index >= 15 is 0 Å². The molecule has 1 aliphatic rings. The Bertz CT molecular complexity index is 524. The lowest BCUT2D eigenvalue weighted by Gasteiger charge is -2.11. The Morgan fingerprint density at radius 3 is 2.71 bits per heavy atom. The first kappa shape index (κ1) is 15.5. The third-order valence-electron chi connectivity index (χ3n) is 3.52. The van der Waals surface area contributed by atoms with Gasteiger partial charge in [0.15, 0.2) is 0 Å². The highest BCUT2D eigenvalue weighted by molar-refractivity contribution is 5.98. The second-order valence-corrected chi connectivity index (χ2v) is 5.53. The van der Waals surface area contributed by atoms with Gasteiger partial charge in [0.2, 0.25) is 5.91 Å². The molecule has 0 radical (unpaired) electrons. The highest BCUT2D eigenvalue weighted by atomic mass is 16.2. The summed E-state index contributed by atoms with van der Waals surface area (Å²) in [6, 6.07) is 5.75. The van der Waals surface area contributed by atoms with Gasteiger partial charge in [0.1, 0.15) is 0 Å². The summed E-state index contributed by atoms with van der Waals surface area (Å²) in [5, 5.41) is 8.85. The average molecular weight is 289 g/mol. The average Bonchev–Trinajstić information content (AvgIpc) is 3.25. The van der Waals surface area contributed by atoms with Crippen molar-refractivity contribution in [2.75, 3.05) is 18.9 Å². The van der Waals surface area contributed by atoms with Crippen LogP contribution >= 0.6 is 0 Å². The number of aryl methyl sites for hydroxylation is 1.